The first-order valence-electron chi connectivity index (χ1n) is 5.66. The van der Waals surface area contributed by atoms with Crippen LogP contribution in [0.4, 0.5) is 0 Å². The van der Waals surface area contributed by atoms with E-state index in [1.807, 2.05) is 6.07 Å². The lowest BCUT2D eigenvalue weighted by atomic mass is 9.87. The van der Waals surface area contributed by atoms with Gasteiger partial charge in [-0.05, 0) is 62.0 Å². The van der Waals surface area contributed by atoms with Crippen molar-refractivity contribution in [1.29, 1.82) is 0 Å². The fraction of sp³-hybridized carbons (Fsp3) is 0.538. The lowest BCUT2D eigenvalue weighted by molar-refractivity contribution is 0.411. The van der Waals surface area contributed by atoms with Crippen molar-refractivity contribution in [2.45, 2.75) is 25.7 Å². The maximum absolute atomic E-state index is 5.29. The number of rotatable bonds is 2. The Kier molecular flexibility index (Phi) is 3.27. The summed E-state index contributed by atoms with van der Waals surface area (Å²) >= 11 is 0. The number of piperidine rings is 1. The van der Waals surface area contributed by atoms with Crippen molar-refractivity contribution in [1.82, 2.24) is 5.32 Å². The van der Waals surface area contributed by atoms with Gasteiger partial charge in [0, 0.05) is 0 Å². The second-order valence-electron chi connectivity index (χ2n) is 4.25. The number of ether oxygens (including phenoxy) is 1. The van der Waals surface area contributed by atoms with Gasteiger partial charge in [0.15, 0.2) is 0 Å². The van der Waals surface area contributed by atoms with Crippen LogP contribution in [0.15, 0.2) is 18.2 Å². The van der Waals surface area contributed by atoms with Crippen molar-refractivity contribution >= 4 is 0 Å². The third-order valence-electron chi connectivity index (χ3n) is 3.27. The Labute approximate surface area is 91.6 Å². The van der Waals surface area contributed by atoms with Gasteiger partial charge in [0.25, 0.3) is 0 Å². The summed E-state index contributed by atoms with van der Waals surface area (Å²) in [5, 5.41) is 3.40. The van der Waals surface area contributed by atoms with Crippen molar-refractivity contribution in [3.63, 3.8) is 0 Å². The molecule has 2 nitrogen and oxygen atoms in total. The van der Waals surface area contributed by atoms with E-state index >= 15 is 0 Å². The minimum Gasteiger partial charge on any atom is -0.497 e. The molecule has 1 aliphatic rings. The summed E-state index contributed by atoms with van der Waals surface area (Å²) in [6.45, 7) is 4.47. The molecule has 0 amide bonds. The van der Waals surface area contributed by atoms with Crippen LogP contribution in [0.3, 0.4) is 0 Å². The molecule has 1 aromatic carbocycles. The summed E-state index contributed by atoms with van der Waals surface area (Å²) in [6, 6.07) is 6.40. The van der Waals surface area contributed by atoms with Crippen molar-refractivity contribution in [3.8, 4) is 5.75 Å². The van der Waals surface area contributed by atoms with Crippen LogP contribution in [-0.4, -0.2) is 20.2 Å². The molecule has 1 aliphatic heterocycles. The first-order chi connectivity index (χ1) is 7.31. The molecule has 0 aliphatic carbocycles. The van der Waals surface area contributed by atoms with E-state index in [4.69, 9.17) is 4.74 Å². The monoisotopic (exact) mass is 205 g/mol. The second kappa shape index (κ2) is 4.67. The molecular formula is C13H19NO. The highest BCUT2D eigenvalue weighted by Gasteiger charge is 2.17. The molecular weight excluding hydrogens is 186 g/mol. The van der Waals surface area contributed by atoms with E-state index in [2.05, 4.69) is 24.4 Å². The van der Waals surface area contributed by atoms with Crippen LogP contribution in [0, 0.1) is 6.92 Å². The van der Waals surface area contributed by atoms with Crippen LogP contribution in [0.1, 0.15) is 29.9 Å². The Bertz CT molecular complexity index is 329. The van der Waals surface area contributed by atoms with Gasteiger partial charge in [-0.2, -0.15) is 0 Å². The Morgan fingerprint density at radius 2 is 2.00 bits per heavy atom. The van der Waals surface area contributed by atoms with Crippen LogP contribution < -0.4 is 10.1 Å². The van der Waals surface area contributed by atoms with Crippen LogP contribution in [0.5, 0.6) is 5.75 Å². The fourth-order valence-corrected chi connectivity index (χ4v) is 2.32. The van der Waals surface area contributed by atoms with Crippen molar-refractivity contribution < 1.29 is 4.74 Å². The molecule has 0 aromatic heterocycles. The van der Waals surface area contributed by atoms with Gasteiger partial charge in [-0.1, -0.05) is 6.07 Å². The lowest BCUT2D eigenvalue weighted by Gasteiger charge is -2.24. The van der Waals surface area contributed by atoms with E-state index in [0.29, 0.717) is 5.92 Å². The van der Waals surface area contributed by atoms with E-state index in [1.165, 1.54) is 24.0 Å². The molecule has 0 saturated carbocycles. The van der Waals surface area contributed by atoms with E-state index < -0.39 is 0 Å². The number of hydrogen-bond acceptors (Lipinski definition) is 2. The third-order valence-corrected chi connectivity index (χ3v) is 3.27. The number of hydrogen-bond donors (Lipinski definition) is 1. The highest BCUT2D eigenvalue weighted by molar-refractivity contribution is 5.37. The molecule has 82 valence electrons. The van der Waals surface area contributed by atoms with Gasteiger partial charge in [-0.25, -0.2) is 0 Å². The second-order valence-corrected chi connectivity index (χ2v) is 4.25. The summed E-state index contributed by atoms with van der Waals surface area (Å²) in [5.41, 5.74) is 2.86. The van der Waals surface area contributed by atoms with Gasteiger partial charge in [-0.3, -0.25) is 0 Å². The quantitative estimate of drug-likeness (QED) is 0.801. The van der Waals surface area contributed by atoms with Crippen molar-refractivity contribution in [2.24, 2.45) is 0 Å². The average Bonchev–Trinajstić information content (AvgIpc) is 2.31. The highest BCUT2D eigenvalue weighted by atomic mass is 16.5. The Hall–Kier alpha value is -1.02. The Morgan fingerprint density at radius 1 is 1.27 bits per heavy atom. The van der Waals surface area contributed by atoms with Gasteiger partial charge < -0.3 is 10.1 Å². The van der Waals surface area contributed by atoms with E-state index in [-0.39, 0.29) is 0 Å². The molecule has 0 atom stereocenters. The lowest BCUT2D eigenvalue weighted by Crippen LogP contribution is -2.26. The molecule has 0 radical (unpaired) electrons. The predicted molar refractivity (Wildman–Crippen MR) is 62.6 cm³/mol. The molecule has 2 heteroatoms. The van der Waals surface area contributed by atoms with Crippen LogP contribution in [-0.2, 0) is 0 Å². The first-order valence-corrected chi connectivity index (χ1v) is 5.66. The molecule has 2 rings (SSSR count). The van der Waals surface area contributed by atoms with Crippen molar-refractivity contribution in [3.05, 3.63) is 29.3 Å². The molecule has 1 heterocycles. The fourth-order valence-electron chi connectivity index (χ4n) is 2.32. The van der Waals surface area contributed by atoms with Gasteiger partial charge in [0.1, 0.15) is 5.75 Å². The van der Waals surface area contributed by atoms with Gasteiger partial charge >= 0.3 is 0 Å². The summed E-state index contributed by atoms with van der Waals surface area (Å²) < 4.78 is 5.29. The normalized spacial score (nSPS) is 17.7. The van der Waals surface area contributed by atoms with Gasteiger partial charge in [-0.15, -0.1) is 0 Å². The first kappa shape index (κ1) is 10.5. The molecule has 1 saturated heterocycles. The smallest absolute Gasteiger partial charge is 0.119 e. The van der Waals surface area contributed by atoms with Crippen LogP contribution in [0.25, 0.3) is 0 Å². The van der Waals surface area contributed by atoms with E-state index in [9.17, 15) is 0 Å². The standard InChI is InChI=1S/C13H19NO/c1-10-3-4-12(15-2)9-13(10)11-5-7-14-8-6-11/h3-4,9,11,14H,5-8H2,1-2H3. The topological polar surface area (TPSA) is 21.3 Å². The number of methoxy groups -OCH3 is 1. The van der Waals surface area contributed by atoms with E-state index in [0.717, 1.165) is 18.8 Å². The average molecular weight is 205 g/mol. The zero-order valence-electron chi connectivity index (χ0n) is 9.55. The predicted octanol–water partition coefficient (Wildman–Crippen LogP) is 2.47. The SMILES string of the molecule is COc1ccc(C)c(C2CCNCC2)c1. The van der Waals surface area contributed by atoms with Gasteiger partial charge in [0.2, 0.25) is 0 Å². The molecule has 1 fully saturated rings. The number of aryl methyl sites for hydroxylation is 1. The van der Waals surface area contributed by atoms with Crippen LogP contribution >= 0.6 is 0 Å². The zero-order valence-corrected chi connectivity index (χ0v) is 9.55. The summed E-state index contributed by atoms with van der Waals surface area (Å²) in [4.78, 5) is 0. The third kappa shape index (κ3) is 2.32. The summed E-state index contributed by atoms with van der Waals surface area (Å²) in [6.07, 6.45) is 2.49. The van der Waals surface area contributed by atoms with E-state index in [1.54, 1.807) is 7.11 Å². The molecule has 1 N–H and O–H groups in total. The van der Waals surface area contributed by atoms with Crippen molar-refractivity contribution in [2.75, 3.05) is 20.2 Å². The molecule has 0 unspecified atom stereocenters. The maximum Gasteiger partial charge on any atom is 0.119 e. The number of nitrogens with one attached hydrogen (secondary N) is 1. The molecule has 15 heavy (non-hydrogen) atoms. The zero-order chi connectivity index (χ0) is 10.7. The minimum atomic E-state index is 0.710. The van der Waals surface area contributed by atoms with Crippen LogP contribution in [0.2, 0.25) is 0 Å². The largest absolute Gasteiger partial charge is 0.497 e. The summed E-state index contributed by atoms with van der Waals surface area (Å²) in [7, 11) is 1.73. The summed E-state index contributed by atoms with van der Waals surface area (Å²) in [5.74, 6) is 1.69. The molecule has 0 bridgehead atoms. The molecule has 1 aromatic rings. The van der Waals surface area contributed by atoms with Gasteiger partial charge in [0.05, 0.1) is 7.11 Å². The maximum atomic E-state index is 5.29. The molecule has 0 spiro atoms. The highest BCUT2D eigenvalue weighted by Crippen LogP contribution is 2.30. The Morgan fingerprint density at radius 3 is 2.67 bits per heavy atom. The minimum absolute atomic E-state index is 0.710. The number of benzene rings is 1. The Balaban J connectivity index is 2.24.